The van der Waals surface area contributed by atoms with Gasteiger partial charge in [0.1, 0.15) is 5.82 Å². The summed E-state index contributed by atoms with van der Waals surface area (Å²) in [6, 6.07) is 13.2. The van der Waals surface area contributed by atoms with Crippen molar-refractivity contribution in [3.05, 3.63) is 83.0 Å². The molecule has 0 fully saturated rings. The van der Waals surface area contributed by atoms with Gasteiger partial charge >= 0.3 is 5.97 Å². The second-order valence-corrected chi connectivity index (χ2v) is 8.25. The first-order valence-electron chi connectivity index (χ1n) is 8.51. The van der Waals surface area contributed by atoms with Gasteiger partial charge in [0.2, 0.25) is 0 Å². The molecular formula is C20H18FNO5S. The van der Waals surface area contributed by atoms with E-state index in [1.165, 1.54) is 23.1 Å². The van der Waals surface area contributed by atoms with E-state index in [-0.39, 0.29) is 17.9 Å². The lowest BCUT2D eigenvalue weighted by Crippen LogP contribution is -2.42. The van der Waals surface area contributed by atoms with E-state index in [0.29, 0.717) is 0 Å². The van der Waals surface area contributed by atoms with Crippen LogP contribution in [0.4, 0.5) is 4.39 Å². The maximum Gasteiger partial charge on any atom is 0.338 e. The van der Waals surface area contributed by atoms with Crippen LogP contribution in [-0.4, -0.2) is 43.6 Å². The van der Waals surface area contributed by atoms with Crippen LogP contribution in [0.2, 0.25) is 0 Å². The van der Waals surface area contributed by atoms with Crippen LogP contribution in [-0.2, 0) is 25.9 Å². The summed E-state index contributed by atoms with van der Waals surface area (Å²) in [6.45, 7) is -0.369. The molecule has 0 bridgehead atoms. The highest BCUT2D eigenvalue weighted by atomic mass is 32.2. The second kappa shape index (κ2) is 8.35. The molecule has 0 radical (unpaired) electrons. The number of hydrogen-bond donors (Lipinski definition) is 0. The van der Waals surface area contributed by atoms with E-state index < -0.39 is 40.2 Å². The van der Waals surface area contributed by atoms with Gasteiger partial charge in [0.05, 0.1) is 17.4 Å². The monoisotopic (exact) mass is 403 g/mol. The molecule has 0 unspecified atom stereocenters. The minimum Gasteiger partial charge on any atom is -0.452 e. The minimum absolute atomic E-state index is 0.118. The molecule has 0 saturated carbocycles. The summed E-state index contributed by atoms with van der Waals surface area (Å²) in [5, 5.41) is 1.09. The smallest absolute Gasteiger partial charge is 0.338 e. The molecule has 1 heterocycles. The molecule has 146 valence electrons. The second-order valence-electron chi connectivity index (χ2n) is 6.32. The van der Waals surface area contributed by atoms with Crippen LogP contribution >= 0.6 is 0 Å². The zero-order chi connectivity index (χ0) is 20.1. The van der Waals surface area contributed by atoms with Gasteiger partial charge in [0.15, 0.2) is 16.4 Å². The Balaban J connectivity index is 1.70. The zero-order valence-electron chi connectivity index (χ0n) is 14.8. The fraction of sp³-hybridized carbons (Fsp3) is 0.200. The molecule has 6 nitrogen and oxygen atoms in total. The number of nitrogens with zero attached hydrogens (tertiary/aromatic N) is 1. The number of rotatable bonds is 6. The molecule has 0 aliphatic carbocycles. The summed E-state index contributed by atoms with van der Waals surface area (Å²) in [7, 11) is -3.36. The van der Waals surface area contributed by atoms with E-state index >= 15 is 0 Å². The highest BCUT2D eigenvalue weighted by Gasteiger charge is 2.30. The molecule has 0 aromatic heterocycles. The van der Waals surface area contributed by atoms with E-state index in [4.69, 9.17) is 4.74 Å². The number of ether oxygens (including phenoxy) is 1. The minimum atomic E-state index is -3.36. The van der Waals surface area contributed by atoms with E-state index in [1.54, 1.807) is 0 Å². The normalized spacial score (nSPS) is 17.2. The average molecular weight is 403 g/mol. The van der Waals surface area contributed by atoms with Crippen molar-refractivity contribution in [3.63, 3.8) is 0 Å². The summed E-state index contributed by atoms with van der Waals surface area (Å²) in [4.78, 5) is 26.1. The summed E-state index contributed by atoms with van der Waals surface area (Å²) in [5.74, 6) is -1.98. The Kier molecular flexibility index (Phi) is 5.89. The van der Waals surface area contributed by atoms with Crippen LogP contribution < -0.4 is 0 Å². The molecule has 0 saturated heterocycles. The Labute approximate surface area is 162 Å². The van der Waals surface area contributed by atoms with Gasteiger partial charge in [0, 0.05) is 12.0 Å². The number of carbonyl (C=O) groups excluding carboxylic acids is 2. The van der Waals surface area contributed by atoms with Crippen molar-refractivity contribution in [2.24, 2.45) is 0 Å². The van der Waals surface area contributed by atoms with E-state index in [1.807, 2.05) is 30.3 Å². The van der Waals surface area contributed by atoms with Crippen molar-refractivity contribution in [2.45, 2.75) is 12.6 Å². The van der Waals surface area contributed by atoms with Crippen LogP contribution in [0.5, 0.6) is 0 Å². The number of esters is 1. The van der Waals surface area contributed by atoms with Crippen molar-refractivity contribution >= 4 is 21.7 Å². The van der Waals surface area contributed by atoms with Gasteiger partial charge in [-0.1, -0.05) is 30.3 Å². The quantitative estimate of drug-likeness (QED) is 0.692. The molecular weight excluding hydrogens is 385 g/mol. The van der Waals surface area contributed by atoms with Crippen molar-refractivity contribution in [2.75, 3.05) is 12.4 Å². The molecule has 0 N–H and O–H groups in total. The summed E-state index contributed by atoms with van der Waals surface area (Å²) in [5.41, 5.74) is 0.936. The largest absolute Gasteiger partial charge is 0.452 e. The fourth-order valence-corrected chi connectivity index (χ4v) is 4.10. The topological polar surface area (TPSA) is 80.8 Å². The fourth-order valence-electron chi connectivity index (χ4n) is 2.80. The van der Waals surface area contributed by atoms with Crippen molar-refractivity contribution in [3.8, 4) is 0 Å². The lowest BCUT2D eigenvalue weighted by molar-refractivity contribution is -0.136. The number of amides is 1. The SMILES string of the molecule is O=C(OCC(=O)N(Cc1ccccc1)[C@@H]1C=CS(=O)(=O)C1)c1ccc(F)cc1. The maximum atomic E-state index is 12.9. The average Bonchev–Trinajstić information content (AvgIpc) is 3.04. The van der Waals surface area contributed by atoms with Gasteiger partial charge in [-0.2, -0.15) is 0 Å². The first kappa shape index (κ1) is 19.8. The molecule has 2 aromatic carbocycles. The van der Waals surface area contributed by atoms with Crippen molar-refractivity contribution in [1.29, 1.82) is 0 Å². The Morgan fingerprint density at radius 1 is 1.07 bits per heavy atom. The Bertz CT molecular complexity index is 987. The number of carbonyl (C=O) groups is 2. The maximum absolute atomic E-state index is 12.9. The van der Waals surface area contributed by atoms with E-state index in [0.717, 1.165) is 23.1 Å². The highest BCUT2D eigenvalue weighted by Crippen LogP contribution is 2.18. The predicted octanol–water partition coefficient (Wildman–Crippen LogP) is 2.32. The standard InChI is InChI=1S/C20H18FNO5S/c21-17-8-6-16(7-9-17)20(24)27-13-19(23)22(12-15-4-2-1-3-5-15)18-10-11-28(25,26)14-18/h1-11,18H,12-14H2/t18-/m1/s1. The third-order valence-corrected chi connectivity index (χ3v) is 5.61. The molecule has 1 aliphatic rings. The molecule has 8 heteroatoms. The third kappa shape index (κ3) is 5.04. The van der Waals surface area contributed by atoms with E-state index in [2.05, 4.69) is 0 Å². The number of benzene rings is 2. The first-order chi connectivity index (χ1) is 13.3. The lowest BCUT2D eigenvalue weighted by Gasteiger charge is -2.27. The van der Waals surface area contributed by atoms with Gasteiger partial charge in [-0.15, -0.1) is 0 Å². The summed E-state index contributed by atoms with van der Waals surface area (Å²) in [6.07, 6.45) is 1.46. The molecule has 0 spiro atoms. The van der Waals surface area contributed by atoms with Crippen LogP contribution in [0, 0.1) is 5.82 Å². The Morgan fingerprint density at radius 2 is 1.75 bits per heavy atom. The van der Waals surface area contributed by atoms with Gasteiger partial charge in [0.25, 0.3) is 5.91 Å². The van der Waals surface area contributed by atoms with Crippen LogP contribution in [0.25, 0.3) is 0 Å². The highest BCUT2D eigenvalue weighted by molar-refractivity contribution is 7.94. The van der Waals surface area contributed by atoms with Crippen molar-refractivity contribution in [1.82, 2.24) is 4.90 Å². The van der Waals surface area contributed by atoms with Gasteiger partial charge in [-0.05, 0) is 35.9 Å². The Morgan fingerprint density at radius 3 is 2.36 bits per heavy atom. The number of sulfone groups is 1. The third-order valence-electron chi connectivity index (χ3n) is 4.23. The molecule has 28 heavy (non-hydrogen) atoms. The summed E-state index contributed by atoms with van der Waals surface area (Å²) >= 11 is 0. The van der Waals surface area contributed by atoms with Crippen LogP contribution in [0.3, 0.4) is 0 Å². The van der Waals surface area contributed by atoms with Crippen LogP contribution in [0.15, 0.2) is 66.1 Å². The molecule has 3 rings (SSSR count). The van der Waals surface area contributed by atoms with Gasteiger partial charge in [-0.25, -0.2) is 17.6 Å². The first-order valence-corrected chi connectivity index (χ1v) is 10.2. The van der Waals surface area contributed by atoms with Crippen molar-refractivity contribution < 1.29 is 27.1 Å². The number of halogens is 1. The van der Waals surface area contributed by atoms with Gasteiger partial charge in [-0.3, -0.25) is 4.79 Å². The molecule has 2 aromatic rings. The number of hydrogen-bond acceptors (Lipinski definition) is 5. The van der Waals surface area contributed by atoms with Crippen LogP contribution in [0.1, 0.15) is 15.9 Å². The molecule has 1 atom stereocenters. The zero-order valence-corrected chi connectivity index (χ0v) is 15.6. The Hall–Kier alpha value is -3.00. The molecule has 1 amide bonds. The summed E-state index contributed by atoms with van der Waals surface area (Å²) < 4.78 is 41.5. The van der Waals surface area contributed by atoms with Gasteiger partial charge < -0.3 is 9.64 Å². The lowest BCUT2D eigenvalue weighted by atomic mass is 10.1. The predicted molar refractivity (Wildman–Crippen MR) is 100 cm³/mol. The molecule has 1 aliphatic heterocycles. The van der Waals surface area contributed by atoms with E-state index in [9.17, 15) is 22.4 Å².